The van der Waals surface area contributed by atoms with Crippen LogP contribution in [0.2, 0.25) is 0 Å². The predicted molar refractivity (Wildman–Crippen MR) is 132 cm³/mol. The van der Waals surface area contributed by atoms with Crippen molar-refractivity contribution in [2.75, 3.05) is 24.4 Å². The van der Waals surface area contributed by atoms with Gasteiger partial charge in [0.15, 0.2) is 0 Å². The summed E-state index contributed by atoms with van der Waals surface area (Å²) in [7, 11) is 0. The van der Waals surface area contributed by atoms with E-state index in [2.05, 4.69) is 14.1 Å². The van der Waals surface area contributed by atoms with E-state index in [0.717, 1.165) is 25.1 Å². The quantitative estimate of drug-likeness (QED) is 0.694. The number of benzene rings is 1. The number of aromatic nitrogens is 1. The minimum atomic E-state index is -1.57. The van der Waals surface area contributed by atoms with Crippen molar-refractivity contribution in [3.8, 4) is 5.75 Å². The first-order valence-corrected chi connectivity index (χ1v) is 12.5. The lowest BCUT2D eigenvalue weighted by atomic mass is 9.85. The molecule has 2 atom stereocenters. The lowest BCUT2D eigenvalue weighted by Crippen LogP contribution is -2.49. The van der Waals surface area contributed by atoms with Gasteiger partial charge >= 0.3 is 0 Å². The lowest BCUT2D eigenvalue weighted by molar-refractivity contribution is -0.138. The number of hydrogen-bond donors (Lipinski definition) is 2. The molecule has 2 aliphatic rings. The predicted octanol–water partition coefficient (Wildman–Crippen LogP) is 3.41. The van der Waals surface area contributed by atoms with E-state index in [0.29, 0.717) is 30.2 Å². The van der Waals surface area contributed by atoms with Crippen LogP contribution in [0.4, 0.5) is 5.69 Å². The number of carbonyl (C=O) groups is 1. The Bertz CT molecular complexity index is 1030. The molecule has 0 bridgehead atoms. The molecule has 2 aliphatic heterocycles. The maximum Gasteiger partial charge on any atom is 0.245 e. The van der Waals surface area contributed by atoms with E-state index in [1.807, 2.05) is 62.9 Å². The first-order valence-electron chi connectivity index (χ1n) is 11.4. The van der Waals surface area contributed by atoms with Crippen molar-refractivity contribution >= 4 is 28.6 Å². The Morgan fingerprint density at radius 2 is 2.06 bits per heavy atom. The number of piperidine rings is 1. The maximum atomic E-state index is 13.3. The van der Waals surface area contributed by atoms with Gasteiger partial charge in [-0.25, -0.2) is 4.21 Å². The number of anilines is 1. The van der Waals surface area contributed by atoms with Gasteiger partial charge in [-0.15, -0.1) is 0 Å². The van der Waals surface area contributed by atoms with Crippen molar-refractivity contribution in [1.29, 1.82) is 0 Å². The monoisotopic (exact) mass is 471 g/mol. The molecule has 33 heavy (non-hydrogen) atoms. The topological polar surface area (TPSA) is 110 Å². The molecule has 2 aromatic rings. The van der Waals surface area contributed by atoms with Crippen molar-refractivity contribution in [1.82, 2.24) is 9.88 Å². The van der Waals surface area contributed by atoms with E-state index in [4.69, 9.17) is 10.5 Å². The van der Waals surface area contributed by atoms with Gasteiger partial charge in [-0.2, -0.15) is 4.40 Å². The number of rotatable bonds is 5. The smallest absolute Gasteiger partial charge is 0.245 e. The molecule has 2 unspecified atom stereocenters. The normalized spacial score (nSPS) is 19.9. The molecule has 178 valence electrons. The number of amidine groups is 1. The molecular weight excluding hydrogens is 438 g/mol. The molecular formula is C24H33N5O3S. The Morgan fingerprint density at radius 3 is 2.79 bits per heavy atom. The van der Waals surface area contributed by atoms with Crippen LogP contribution in [0.1, 0.15) is 51.8 Å². The number of nitrogens with zero attached hydrogens (tertiary/aromatic N) is 3. The summed E-state index contributed by atoms with van der Waals surface area (Å²) in [6.45, 7) is 9.68. The van der Waals surface area contributed by atoms with E-state index >= 15 is 0 Å². The van der Waals surface area contributed by atoms with Crippen LogP contribution < -0.4 is 15.2 Å². The third kappa shape index (κ3) is 5.52. The SMILES string of the molecule is CC.CC(C)(C(=O)N1CCCC(COc2cccc3c2C(N)=NS(=O)N3)C1)c1ccccn1. The molecule has 0 aliphatic carbocycles. The standard InChI is InChI=1S/C22H27N5O3S.C2H6/c1-22(2,18-10-3-4-11-24-18)21(28)27-12-6-7-15(13-27)14-30-17-9-5-8-16-19(17)20(23)26-31(29)25-16;1-2/h3-5,8-11,15,25H,6-7,12-14H2,1-2H3,(H2,23,26);1-2H3. The molecule has 1 amide bonds. The molecule has 8 nitrogen and oxygen atoms in total. The number of amides is 1. The zero-order valence-electron chi connectivity index (χ0n) is 19.7. The number of nitrogens with two attached hydrogens (primary N) is 1. The van der Waals surface area contributed by atoms with Crippen LogP contribution in [0.15, 0.2) is 47.0 Å². The maximum absolute atomic E-state index is 13.3. The molecule has 1 saturated heterocycles. The van der Waals surface area contributed by atoms with Gasteiger partial charge in [0.1, 0.15) is 11.6 Å². The highest BCUT2D eigenvalue weighted by atomic mass is 32.2. The minimum Gasteiger partial charge on any atom is -0.492 e. The first kappa shape index (κ1) is 24.7. The van der Waals surface area contributed by atoms with Gasteiger partial charge in [0.2, 0.25) is 17.1 Å². The van der Waals surface area contributed by atoms with Gasteiger partial charge in [0.05, 0.1) is 29.0 Å². The van der Waals surface area contributed by atoms with E-state index in [1.54, 1.807) is 12.3 Å². The van der Waals surface area contributed by atoms with Crippen LogP contribution in [0.25, 0.3) is 0 Å². The number of fused-ring (bicyclic) bond motifs is 1. The number of likely N-dealkylation sites (tertiary alicyclic amines) is 1. The van der Waals surface area contributed by atoms with Crippen LogP contribution >= 0.6 is 0 Å². The highest BCUT2D eigenvalue weighted by molar-refractivity contribution is 7.85. The van der Waals surface area contributed by atoms with Gasteiger partial charge in [-0.1, -0.05) is 26.0 Å². The lowest BCUT2D eigenvalue weighted by Gasteiger charge is -2.37. The highest BCUT2D eigenvalue weighted by Crippen LogP contribution is 2.31. The largest absolute Gasteiger partial charge is 0.492 e. The second kappa shape index (κ2) is 10.8. The summed E-state index contributed by atoms with van der Waals surface area (Å²) in [6, 6.07) is 11.1. The number of carbonyl (C=O) groups excluding carboxylic acids is 1. The fourth-order valence-electron chi connectivity index (χ4n) is 4.08. The van der Waals surface area contributed by atoms with Gasteiger partial charge in [-0.05, 0) is 51.0 Å². The Morgan fingerprint density at radius 1 is 1.27 bits per heavy atom. The summed E-state index contributed by atoms with van der Waals surface area (Å²) in [4.78, 5) is 19.6. The van der Waals surface area contributed by atoms with Crippen molar-refractivity contribution in [2.45, 2.75) is 46.0 Å². The molecule has 4 rings (SSSR count). The van der Waals surface area contributed by atoms with Gasteiger partial charge in [0, 0.05) is 25.2 Å². The number of hydrogen-bond acceptors (Lipinski definition) is 5. The summed E-state index contributed by atoms with van der Waals surface area (Å²) < 4.78 is 24.5. The summed E-state index contributed by atoms with van der Waals surface area (Å²) in [6.07, 6.45) is 3.63. The minimum absolute atomic E-state index is 0.0797. The van der Waals surface area contributed by atoms with E-state index < -0.39 is 16.6 Å². The Balaban J connectivity index is 0.00000149. The highest BCUT2D eigenvalue weighted by Gasteiger charge is 2.37. The number of nitrogens with one attached hydrogen (secondary N) is 1. The van der Waals surface area contributed by atoms with Crippen LogP contribution in [0.3, 0.4) is 0 Å². The molecule has 3 heterocycles. The van der Waals surface area contributed by atoms with E-state index in [-0.39, 0.29) is 17.7 Å². The summed E-state index contributed by atoms with van der Waals surface area (Å²) >= 11 is -1.57. The average Bonchev–Trinajstić information content (AvgIpc) is 2.84. The fraction of sp³-hybridized carbons (Fsp3) is 0.458. The average molecular weight is 472 g/mol. The zero-order valence-corrected chi connectivity index (χ0v) is 20.5. The van der Waals surface area contributed by atoms with Gasteiger partial charge < -0.3 is 15.4 Å². The molecule has 0 spiro atoms. The van der Waals surface area contributed by atoms with Gasteiger partial charge in [0.25, 0.3) is 0 Å². The van der Waals surface area contributed by atoms with Crippen LogP contribution in [0, 0.1) is 5.92 Å². The number of ether oxygens (including phenoxy) is 1. The summed E-state index contributed by atoms with van der Waals surface area (Å²) in [5, 5.41) is 0. The molecule has 9 heteroatoms. The second-order valence-electron chi connectivity index (χ2n) is 8.42. The molecule has 0 radical (unpaired) electrons. The van der Waals surface area contributed by atoms with Crippen LogP contribution in [-0.2, 0) is 21.4 Å². The molecule has 3 N–H and O–H groups in total. The first-order chi connectivity index (χ1) is 15.9. The van der Waals surface area contributed by atoms with Gasteiger partial charge in [-0.3, -0.25) is 14.5 Å². The second-order valence-corrected chi connectivity index (χ2v) is 9.30. The van der Waals surface area contributed by atoms with Crippen LogP contribution in [0.5, 0.6) is 5.75 Å². The number of pyridine rings is 1. The Labute approximate surface area is 198 Å². The zero-order chi connectivity index (χ0) is 24.0. The third-order valence-electron chi connectivity index (χ3n) is 5.78. The summed E-state index contributed by atoms with van der Waals surface area (Å²) in [5.74, 6) is 1.08. The fourth-order valence-corrected chi connectivity index (χ4v) is 4.76. The third-order valence-corrected chi connectivity index (χ3v) is 6.54. The molecule has 1 aromatic carbocycles. The summed E-state index contributed by atoms with van der Waals surface area (Å²) in [5.41, 5.74) is 7.34. The Kier molecular flexibility index (Phi) is 8.07. The van der Waals surface area contributed by atoms with Crippen molar-refractivity contribution < 1.29 is 13.7 Å². The van der Waals surface area contributed by atoms with E-state index in [1.165, 1.54) is 0 Å². The van der Waals surface area contributed by atoms with Crippen molar-refractivity contribution in [2.24, 2.45) is 16.0 Å². The molecule has 0 saturated carbocycles. The van der Waals surface area contributed by atoms with Crippen molar-refractivity contribution in [3.05, 3.63) is 53.9 Å². The van der Waals surface area contributed by atoms with Crippen LogP contribution in [-0.4, -0.2) is 45.5 Å². The Hall–Kier alpha value is -2.94. The molecule has 1 fully saturated rings. The van der Waals surface area contributed by atoms with E-state index in [9.17, 15) is 9.00 Å². The molecule has 1 aromatic heterocycles. The van der Waals surface area contributed by atoms with Crippen molar-refractivity contribution in [3.63, 3.8) is 0 Å².